The molecule has 102 valence electrons. The predicted octanol–water partition coefficient (Wildman–Crippen LogP) is 2.51. The van der Waals surface area contributed by atoms with Crippen molar-refractivity contribution >= 4 is 17.0 Å². The zero-order valence-corrected chi connectivity index (χ0v) is 10.7. The molecule has 18 heavy (non-hydrogen) atoms. The van der Waals surface area contributed by atoms with Crippen LogP contribution in [0.5, 0.6) is 0 Å². The molecule has 1 aromatic carbocycles. The highest BCUT2D eigenvalue weighted by Crippen LogP contribution is 2.16. The van der Waals surface area contributed by atoms with Gasteiger partial charge >= 0.3 is 6.98 Å². The summed E-state index contributed by atoms with van der Waals surface area (Å²) in [4.78, 5) is 0.0608. The van der Waals surface area contributed by atoms with Crippen LogP contribution in [0, 0.1) is 6.92 Å². The molecule has 0 radical (unpaired) electrons. The van der Waals surface area contributed by atoms with Gasteiger partial charge in [-0.25, -0.2) is 13.1 Å². The van der Waals surface area contributed by atoms with Crippen LogP contribution in [0.4, 0.5) is 12.9 Å². The molecule has 0 atom stereocenters. The molecule has 1 rings (SSSR count). The molecule has 0 saturated carbocycles. The highest BCUT2D eigenvalue weighted by Gasteiger charge is 2.22. The van der Waals surface area contributed by atoms with Gasteiger partial charge in [0.2, 0.25) is 10.0 Å². The normalized spacial score (nSPS) is 12.7. The summed E-state index contributed by atoms with van der Waals surface area (Å²) < 4.78 is 61.3. The van der Waals surface area contributed by atoms with E-state index in [9.17, 15) is 21.4 Å². The van der Waals surface area contributed by atoms with Crippen molar-refractivity contribution < 1.29 is 21.4 Å². The van der Waals surface area contributed by atoms with E-state index < -0.39 is 23.3 Å². The number of nitrogens with one attached hydrogen (secondary N) is 1. The fraction of sp³-hybridized carbons (Fsp3) is 0.400. The second kappa shape index (κ2) is 5.75. The van der Waals surface area contributed by atoms with E-state index in [-0.39, 0.29) is 17.9 Å². The van der Waals surface area contributed by atoms with Crippen molar-refractivity contribution in [2.24, 2.45) is 0 Å². The fourth-order valence-electron chi connectivity index (χ4n) is 1.34. The first-order chi connectivity index (χ1) is 8.21. The lowest BCUT2D eigenvalue weighted by molar-refractivity contribution is 0.463. The van der Waals surface area contributed by atoms with E-state index in [0.717, 1.165) is 5.56 Å². The smallest absolute Gasteiger partial charge is 0.449 e. The topological polar surface area (TPSA) is 46.2 Å². The monoisotopic (exact) mass is 280 g/mol. The van der Waals surface area contributed by atoms with Crippen LogP contribution in [0.3, 0.4) is 0 Å². The Bertz CT molecular complexity index is 485. The number of halogens is 3. The first-order valence-electron chi connectivity index (χ1n) is 5.48. The van der Waals surface area contributed by atoms with Gasteiger partial charge in [-0.1, -0.05) is 30.4 Å². The van der Waals surface area contributed by atoms with E-state index in [4.69, 9.17) is 0 Å². The van der Waals surface area contributed by atoms with E-state index in [1.165, 1.54) is 12.1 Å². The van der Waals surface area contributed by atoms with Crippen molar-refractivity contribution in [3.63, 3.8) is 0 Å². The zero-order valence-electron chi connectivity index (χ0n) is 9.87. The number of sulfonamides is 1. The van der Waals surface area contributed by atoms with Crippen LogP contribution in [-0.2, 0) is 10.0 Å². The van der Waals surface area contributed by atoms with Gasteiger partial charge in [0.05, 0.1) is 4.90 Å². The van der Waals surface area contributed by atoms with Crippen molar-refractivity contribution in [3.8, 4) is 0 Å². The van der Waals surface area contributed by atoms with Gasteiger partial charge in [-0.05, 0) is 19.1 Å². The quantitative estimate of drug-likeness (QED) is 0.643. The first-order valence-corrected chi connectivity index (χ1v) is 6.96. The maximum atomic E-state index is 11.9. The van der Waals surface area contributed by atoms with Crippen LogP contribution < -0.4 is 4.72 Å². The molecule has 0 aromatic heterocycles. The number of aryl methyl sites for hydroxylation is 1. The number of hydrogen-bond donors (Lipinski definition) is 1. The van der Waals surface area contributed by atoms with E-state index in [0.29, 0.717) is 0 Å². The van der Waals surface area contributed by atoms with Gasteiger partial charge in [0.15, 0.2) is 0 Å². The average molecular weight is 280 g/mol. The molecule has 0 aliphatic rings. The van der Waals surface area contributed by atoms with E-state index in [1.54, 1.807) is 12.1 Å². The second-order valence-electron chi connectivity index (χ2n) is 4.06. The van der Waals surface area contributed by atoms with Crippen molar-refractivity contribution in [3.05, 3.63) is 29.8 Å². The van der Waals surface area contributed by atoms with Gasteiger partial charge in [-0.3, -0.25) is 0 Å². The van der Waals surface area contributed by atoms with Crippen LogP contribution in [0.25, 0.3) is 0 Å². The van der Waals surface area contributed by atoms with Gasteiger partial charge < -0.3 is 12.9 Å². The number of hydrogen-bond acceptors (Lipinski definition) is 2. The van der Waals surface area contributed by atoms with Crippen LogP contribution in [0.1, 0.15) is 12.0 Å². The lowest BCUT2D eigenvalue weighted by Gasteiger charge is -2.13. The van der Waals surface area contributed by atoms with Crippen LogP contribution in [0.2, 0.25) is 6.32 Å². The third-order valence-corrected chi connectivity index (χ3v) is 3.81. The predicted molar refractivity (Wildman–Crippen MR) is 64.9 cm³/mol. The maximum absolute atomic E-state index is 11.9. The van der Waals surface area contributed by atoms with Crippen molar-refractivity contribution in [1.82, 2.24) is 4.72 Å². The van der Waals surface area contributed by atoms with Crippen LogP contribution in [-0.4, -0.2) is 21.9 Å². The molecule has 0 amide bonds. The zero-order chi connectivity index (χ0) is 13.8. The second-order valence-corrected chi connectivity index (χ2v) is 5.83. The third kappa shape index (κ3) is 5.09. The van der Waals surface area contributed by atoms with Gasteiger partial charge in [0.1, 0.15) is 0 Å². The summed E-state index contributed by atoms with van der Waals surface area (Å²) in [6.07, 6.45) is -1.18. The Morgan fingerprint density at radius 2 is 1.72 bits per heavy atom. The van der Waals surface area contributed by atoms with Crippen LogP contribution >= 0.6 is 0 Å². The molecule has 0 saturated heterocycles. The lowest BCUT2D eigenvalue weighted by Crippen LogP contribution is -2.26. The van der Waals surface area contributed by atoms with E-state index in [2.05, 4.69) is 4.72 Å². The Morgan fingerprint density at radius 1 is 1.17 bits per heavy atom. The van der Waals surface area contributed by atoms with Gasteiger partial charge in [-0.15, -0.1) is 0 Å². The molecule has 0 heterocycles. The van der Waals surface area contributed by atoms with Gasteiger partial charge in [-0.2, -0.15) is 0 Å². The van der Waals surface area contributed by atoms with Crippen molar-refractivity contribution in [2.75, 3.05) is 6.54 Å². The van der Waals surface area contributed by atoms with E-state index >= 15 is 0 Å². The Morgan fingerprint density at radius 3 is 2.22 bits per heavy atom. The van der Waals surface area contributed by atoms with E-state index in [1.807, 2.05) is 6.92 Å². The molecular formula is C10H14BF3NO2S-. The minimum Gasteiger partial charge on any atom is -0.449 e. The highest BCUT2D eigenvalue weighted by molar-refractivity contribution is 7.89. The number of benzene rings is 1. The molecule has 0 spiro atoms. The Kier molecular flexibility index (Phi) is 4.81. The number of rotatable bonds is 6. The summed E-state index contributed by atoms with van der Waals surface area (Å²) in [5.74, 6) is 0. The molecule has 1 N–H and O–H groups in total. The Labute approximate surface area is 105 Å². The third-order valence-electron chi connectivity index (χ3n) is 2.33. The summed E-state index contributed by atoms with van der Waals surface area (Å²) in [5, 5.41) is 0. The Hall–Kier alpha value is -1.02. The van der Waals surface area contributed by atoms with Crippen molar-refractivity contribution in [1.29, 1.82) is 0 Å². The average Bonchev–Trinajstić information content (AvgIpc) is 2.24. The SMILES string of the molecule is Cc1ccc(S(=O)(=O)NCCC[B-](F)(F)F)cc1. The van der Waals surface area contributed by atoms with Crippen molar-refractivity contribution in [2.45, 2.75) is 24.6 Å². The lowest BCUT2D eigenvalue weighted by atomic mass is 9.84. The molecule has 0 unspecified atom stereocenters. The Balaban J connectivity index is 2.53. The molecule has 0 aliphatic heterocycles. The van der Waals surface area contributed by atoms with Gasteiger partial charge in [0, 0.05) is 6.54 Å². The molecule has 8 heteroatoms. The van der Waals surface area contributed by atoms with Crippen LogP contribution in [0.15, 0.2) is 29.2 Å². The highest BCUT2D eigenvalue weighted by atomic mass is 32.2. The molecule has 0 aliphatic carbocycles. The maximum Gasteiger partial charge on any atom is 0.478 e. The molecule has 0 bridgehead atoms. The minimum absolute atomic E-state index is 0.0608. The molecule has 0 fully saturated rings. The van der Waals surface area contributed by atoms with Gasteiger partial charge in [0.25, 0.3) is 0 Å². The molecule has 1 aromatic rings. The summed E-state index contributed by atoms with van der Waals surface area (Å²) in [7, 11) is -3.71. The largest absolute Gasteiger partial charge is 0.478 e. The summed E-state index contributed by atoms with van der Waals surface area (Å²) >= 11 is 0. The first kappa shape index (κ1) is 15.0. The minimum atomic E-state index is -4.85. The molecular weight excluding hydrogens is 266 g/mol. The summed E-state index contributed by atoms with van der Waals surface area (Å²) in [6, 6.07) is 6.11. The summed E-state index contributed by atoms with van der Waals surface area (Å²) in [5.41, 5.74) is 0.911. The summed E-state index contributed by atoms with van der Waals surface area (Å²) in [6.45, 7) is -3.24. The molecule has 3 nitrogen and oxygen atoms in total. The fourth-order valence-corrected chi connectivity index (χ4v) is 2.41. The standard InChI is InChI=1S/C10H14BF3NO2S/c1-9-3-5-10(6-4-9)18(16,17)15-8-2-7-11(12,13)14/h3-6,15H,2,7-8H2,1H3/q-1.